The number of aromatic carboxylic acids is 1. The highest BCUT2D eigenvalue weighted by molar-refractivity contribution is 5.96. The summed E-state index contributed by atoms with van der Waals surface area (Å²) in [5.41, 5.74) is 3.84. The van der Waals surface area contributed by atoms with Crippen molar-refractivity contribution in [1.29, 1.82) is 0 Å². The number of hydrogen-bond acceptors (Lipinski definition) is 4. The predicted molar refractivity (Wildman–Crippen MR) is 114 cm³/mol. The molecule has 3 aromatic rings. The van der Waals surface area contributed by atoms with Gasteiger partial charge in [0.05, 0.1) is 5.56 Å². The maximum Gasteiger partial charge on any atom is 0.335 e. The third-order valence-electron chi connectivity index (χ3n) is 5.08. The quantitative estimate of drug-likeness (QED) is 0.584. The molecule has 1 heterocycles. The van der Waals surface area contributed by atoms with Crippen LogP contribution in [-0.2, 0) is 17.8 Å². The number of hydrogen-bond donors (Lipinski definition) is 3. The zero-order chi connectivity index (χ0) is 20.9. The molecule has 1 aliphatic heterocycles. The maximum absolute atomic E-state index is 12.8. The molecule has 152 valence electrons. The highest BCUT2D eigenvalue weighted by atomic mass is 16.5. The van der Waals surface area contributed by atoms with E-state index in [1.807, 2.05) is 48.5 Å². The molecule has 30 heavy (non-hydrogen) atoms. The molecule has 0 unspecified atom stereocenters. The first kappa shape index (κ1) is 19.7. The van der Waals surface area contributed by atoms with Crippen molar-refractivity contribution in [2.75, 3.05) is 11.9 Å². The van der Waals surface area contributed by atoms with E-state index in [0.717, 1.165) is 28.9 Å². The van der Waals surface area contributed by atoms with Gasteiger partial charge in [-0.15, -0.1) is 0 Å². The van der Waals surface area contributed by atoms with Crippen LogP contribution >= 0.6 is 0 Å². The summed E-state index contributed by atoms with van der Waals surface area (Å²) in [6.07, 6.45) is 0.814. The average molecular weight is 402 g/mol. The Kier molecular flexibility index (Phi) is 5.77. The third kappa shape index (κ3) is 4.50. The molecule has 0 spiro atoms. The van der Waals surface area contributed by atoms with Crippen molar-refractivity contribution in [1.82, 2.24) is 5.32 Å². The van der Waals surface area contributed by atoms with Crippen LogP contribution in [0.5, 0.6) is 5.75 Å². The van der Waals surface area contributed by atoms with Gasteiger partial charge in [0.25, 0.3) is 0 Å². The molecule has 1 atom stereocenters. The number of carbonyl (C=O) groups excluding carboxylic acids is 1. The lowest BCUT2D eigenvalue weighted by Crippen LogP contribution is -2.38. The number of nitrogens with one attached hydrogen (secondary N) is 2. The number of benzene rings is 3. The molecule has 6 nitrogen and oxygen atoms in total. The summed E-state index contributed by atoms with van der Waals surface area (Å²) in [6.45, 7) is 1.18. The van der Waals surface area contributed by atoms with Gasteiger partial charge in [0.1, 0.15) is 18.4 Å². The molecule has 0 fully saturated rings. The fraction of sp³-hybridized carbons (Fsp3) is 0.167. The van der Waals surface area contributed by atoms with E-state index in [4.69, 9.17) is 9.84 Å². The van der Waals surface area contributed by atoms with Gasteiger partial charge in [0.15, 0.2) is 0 Å². The molecule has 0 radical (unpaired) electrons. The molecule has 0 aromatic heterocycles. The van der Waals surface area contributed by atoms with Gasteiger partial charge in [-0.3, -0.25) is 4.79 Å². The molecule has 6 heteroatoms. The molecule has 1 amide bonds. The smallest absolute Gasteiger partial charge is 0.335 e. The van der Waals surface area contributed by atoms with Gasteiger partial charge in [0, 0.05) is 12.2 Å². The minimum Gasteiger partial charge on any atom is -0.489 e. The van der Waals surface area contributed by atoms with Gasteiger partial charge in [-0.2, -0.15) is 0 Å². The molecular formula is C24H22N2O4. The minimum atomic E-state index is -0.999. The Bertz CT molecular complexity index is 1050. The third-order valence-corrected chi connectivity index (χ3v) is 5.08. The van der Waals surface area contributed by atoms with E-state index >= 15 is 0 Å². The summed E-state index contributed by atoms with van der Waals surface area (Å²) in [6, 6.07) is 21.4. The first-order valence-electron chi connectivity index (χ1n) is 9.77. The summed E-state index contributed by atoms with van der Waals surface area (Å²) in [4.78, 5) is 23.8. The summed E-state index contributed by atoms with van der Waals surface area (Å²) < 4.78 is 5.91. The molecule has 0 aliphatic carbocycles. The Labute approximate surface area is 174 Å². The van der Waals surface area contributed by atoms with Crippen LogP contribution in [0.4, 0.5) is 5.69 Å². The van der Waals surface area contributed by atoms with E-state index < -0.39 is 12.0 Å². The number of carboxylic acid groups (broad SMARTS) is 1. The molecule has 0 saturated carbocycles. The van der Waals surface area contributed by atoms with Crippen LogP contribution in [0.3, 0.4) is 0 Å². The summed E-state index contributed by atoms with van der Waals surface area (Å²) in [5.74, 6) is -0.402. The Hall–Kier alpha value is -3.64. The van der Waals surface area contributed by atoms with Crippen LogP contribution in [0.1, 0.15) is 33.1 Å². The Morgan fingerprint density at radius 2 is 1.80 bits per heavy atom. The van der Waals surface area contributed by atoms with E-state index in [-0.39, 0.29) is 11.5 Å². The van der Waals surface area contributed by atoms with Crippen LogP contribution < -0.4 is 15.4 Å². The normalized spacial score (nSPS) is 15.1. The number of amides is 1. The fourth-order valence-corrected chi connectivity index (χ4v) is 3.52. The zero-order valence-corrected chi connectivity index (χ0v) is 16.3. The Balaban J connectivity index is 1.45. The molecule has 0 bridgehead atoms. The van der Waals surface area contributed by atoms with Crippen LogP contribution in [-0.4, -0.2) is 23.5 Å². The number of ether oxygens (including phenoxy) is 1. The molecule has 3 N–H and O–H groups in total. The average Bonchev–Trinajstić information content (AvgIpc) is 2.78. The highest BCUT2D eigenvalue weighted by Crippen LogP contribution is 2.28. The van der Waals surface area contributed by atoms with E-state index in [1.165, 1.54) is 12.1 Å². The second-order valence-corrected chi connectivity index (χ2v) is 7.14. The van der Waals surface area contributed by atoms with Crippen LogP contribution in [0.15, 0.2) is 72.8 Å². The zero-order valence-electron chi connectivity index (χ0n) is 16.3. The first-order valence-corrected chi connectivity index (χ1v) is 9.77. The number of carboxylic acids is 1. The lowest BCUT2D eigenvalue weighted by molar-refractivity contribution is -0.118. The Morgan fingerprint density at radius 1 is 1.03 bits per heavy atom. The second-order valence-electron chi connectivity index (χ2n) is 7.14. The SMILES string of the molecule is O=C(O)c1ccc(NC(=O)[C@H]2NCCc3cc(OCc4ccccc4)ccc32)cc1. The van der Waals surface area contributed by atoms with Crippen LogP contribution in [0.2, 0.25) is 0 Å². The van der Waals surface area contributed by atoms with Crippen LogP contribution in [0, 0.1) is 0 Å². The minimum absolute atomic E-state index is 0.178. The summed E-state index contributed by atoms with van der Waals surface area (Å²) in [5, 5.41) is 15.1. The van der Waals surface area contributed by atoms with Crippen molar-refractivity contribution >= 4 is 17.6 Å². The van der Waals surface area contributed by atoms with Gasteiger partial charge in [-0.25, -0.2) is 4.79 Å². The van der Waals surface area contributed by atoms with Gasteiger partial charge in [-0.05, 0) is 59.5 Å². The largest absolute Gasteiger partial charge is 0.489 e. The van der Waals surface area contributed by atoms with Gasteiger partial charge < -0.3 is 20.5 Å². The molecule has 4 rings (SSSR count). The van der Waals surface area contributed by atoms with Crippen molar-refractivity contribution in [3.8, 4) is 5.75 Å². The van der Waals surface area contributed by atoms with Crippen molar-refractivity contribution < 1.29 is 19.4 Å². The first-order chi connectivity index (χ1) is 14.6. The molecular weight excluding hydrogens is 380 g/mol. The molecule has 0 saturated heterocycles. The van der Waals surface area contributed by atoms with Gasteiger partial charge >= 0.3 is 5.97 Å². The van der Waals surface area contributed by atoms with E-state index in [2.05, 4.69) is 10.6 Å². The van der Waals surface area contributed by atoms with Crippen LogP contribution in [0.25, 0.3) is 0 Å². The molecule has 1 aliphatic rings. The van der Waals surface area contributed by atoms with Crippen molar-refractivity contribution in [2.24, 2.45) is 0 Å². The predicted octanol–water partition coefficient (Wildman–Crippen LogP) is 3.79. The Morgan fingerprint density at radius 3 is 2.53 bits per heavy atom. The molecule has 3 aromatic carbocycles. The number of rotatable bonds is 6. The number of carbonyl (C=O) groups is 2. The van der Waals surface area contributed by atoms with Crippen molar-refractivity contribution in [2.45, 2.75) is 19.1 Å². The highest BCUT2D eigenvalue weighted by Gasteiger charge is 2.26. The fourth-order valence-electron chi connectivity index (χ4n) is 3.52. The standard InChI is InChI=1S/C24H22N2O4/c27-23(26-19-8-6-17(7-9-19)24(28)29)22-21-11-10-20(14-18(21)12-13-25-22)30-15-16-4-2-1-3-5-16/h1-11,14,22,25H,12-13,15H2,(H,26,27)(H,28,29)/t22-/m0/s1. The monoisotopic (exact) mass is 402 g/mol. The number of fused-ring (bicyclic) bond motifs is 1. The second kappa shape index (κ2) is 8.80. The van der Waals surface area contributed by atoms with E-state index in [0.29, 0.717) is 18.8 Å². The number of anilines is 1. The topological polar surface area (TPSA) is 87.7 Å². The summed E-state index contributed by atoms with van der Waals surface area (Å²) >= 11 is 0. The van der Waals surface area contributed by atoms with Crippen molar-refractivity contribution in [3.63, 3.8) is 0 Å². The lowest BCUT2D eigenvalue weighted by Gasteiger charge is -2.26. The summed E-state index contributed by atoms with van der Waals surface area (Å²) in [7, 11) is 0. The maximum atomic E-state index is 12.8. The lowest BCUT2D eigenvalue weighted by atomic mass is 9.93. The van der Waals surface area contributed by atoms with Gasteiger partial charge in [0.2, 0.25) is 5.91 Å². The van der Waals surface area contributed by atoms with Gasteiger partial charge in [-0.1, -0.05) is 36.4 Å². The van der Waals surface area contributed by atoms with E-state index in [9.17, 15) is 9.59 Å². The van der Waals surface area contributed by atoms with Crippen molar-refractivity contribution in [3.05, 3.63) is 95.1 Å². The van der Waals surface area contributed by atoms with E-state index in [1.54, 1.807) is 12.1 Å².